The molecular formula is C36H22F4O8. The molecule has 0 aromatic heterocycles. The van der Waals surface area contributed by atoms with E-state index < -0.39 is 64.1 Å². The summed E-state index contributed by atoms with van der Waals surface area (Å²) in [5.41, 5.74) is -3.81. The maximum atomic E-state index is 16.1. The van der Waals surface area contributed by atoms with Crippen molar-refractivity contribution in [1.29, 1.82) is 0 Å². The summed E-state index contributed by atoms with van der Waals surface area (Å²) in [5, 5.41) is 0. The highest BCUT2D eigenvalue weighted by atomic mass is 19.4. The van der Waals surface area contributed by atoms with Crippen LogP contribution >= 0.6 is 0 Å². The van der Waals surface area contributed by atoms with Crippen LogP contribution < -0.4 is 18.9 Å². The van der Waals surface area contributed by atoms with Gasteiger partial charge in [0.15, 0.2) is 17.3 Å². The summed E-state index contributed by atoms with van der Waals surface area (Å²) in [6.45, 7) is 14.5. The van der Waals surface area contributed by atoms with E-state index in [0.29, 0.717) is 12.2 Å². The van der Waals surface area contributed by atoms with Gasteiger partial charge in [-0.15, -0.1) is 0 Å². The van der Waals surface area contributed by atoms with Crippen molar-refractivity contribution in [2.75, 3.05) is 0 Å². The van der Waals surface area contributed by atoms with E-state index >= 15 is 4.39 Å². The number of carbonyl (C=O) groups excluding carboxylic acids is 4. The lowest BCUT2D eigenvalue weighted by Crippen LogP contribution is -2.19. The molecule has 0 aliphatic carbocycles. The van der Waals surface area contributed by atoms with Gasteiger partial charge in [0.1, 0.15) is 22.6 Å². The number of benzene rings is 3. The number of halogens is 4. The van der Waals surface area contributed by atoms with E-state index in [1.165, 1.54) is 55.5 Å². The predicted molar refractivity (Wildman–Crippen MR) is 164 cm³/mol. The van der Waals surface area contributed by atoms with Gasteiger partial charge >= 0.3 is 30.1 Å². The zero-order valence-corrected chi connectivity index (χ0v) is 25.0. The fraction of sp³-hybridized carbons (Fsp3) is 0.0556. The van der Waals surface area contributed by atoms with Gasteiger partial charge in [0.05, 0.1) is 5.56 Å². The van der Waals surface area contributed by atoms with E-state index in [0.717, 1.165) is 6.08 Å². The van der Waals surface area contributed by atoms with Crippen LogP contribution in [0.4, 0.5) is 17.6 Å². The first-order valence-electron chi connectivity index (χ1n) is 13.3. The lowest BCUT2D eigenvalue weighted by Gasteiger charge is -2.19. The van der Waals surface area contributed by atoms with Crippen LogP contribution in [-0.2, 0) is 25.4 Å². The van der Waals surface area contributed by atoms with E-state index in [4.69, 9.17) is 18.9 Å². The van der Waals surface area contributed by atoms with Crippen molar-refractivity contribution in [3.05, 3.63) is 132 Å². The number of hydrogen-bond donors (Lipinski definition) is 0. The summed E-state index contributed by atoms with van der Waals surface area (Å²) in [6.07, 6.45) is -3.36. The summed E-state index contributed by atoms with van der Waals surface area (Å²) in [6, 6.07) is 10.4. The molecule has 0 aliphatic rings. The number of hydrogen-bond acceptors (Lipinski definition) is 8. The molecule has 0 fully saturated rings. The van der Waals surface area contributed by atoms with Gasteiger partial charge in [-0.25, -0.2) is 23.6 Å². The molecule has 0 unspecified atom stereocenters. The Morgan fingerprint density at radius 2 is 1.06 bits per heavy atom. The Hall–Kier alpha value is -6.66. The van der Waals surface area contributed by atoms with Crippen LogP contribution in [-0.4, -0.2) is 23.9 Å². The molecule has 0 atom stereocenters. The Kier molecular flexibility index (Phi) is 11.6. The quantitative estimate of drug-likeness (QED) is 0.0901. The normalized spacial score (nSPS) is 10.1. The highest BCUT2D eigenvalue weighted by Crippen LogP contribution is 2.46. The molecular weight excluding hydrogens is 636 g/mol. The van der Waals surface area contributed by atoms with Gasteiger partial charge in [0, 0.05) is 34.9 Å². The van der Waals surface area contributed by atoms with Crippen molar-refractivity contribution in [3.8, 4) is 46.7 Å². The molecule has 242 valence electrons. The third-order valence-electron chi connectivity index (χ3n) is 5.69. The van der Waals surface area contributed by atoms with Crippen LogP contribution in [0.1, 0.15) is 34.7 Å². The van der Waals surface area contributed by atoms with Gasteiger partial charge in [-0.05, 0) is 55.5 Å². The standard InChI is InChI=1S/C36H22F4O8/c1-6-28(41)45-24-15-9-22(10-16-24)13-19-26-31(36(38,39)40)33(47-29(42)7-2)27(32(37)34(26)48-30(43)8-3)20-14-23-11-17-25(18-12-23)46-35(44)21(4)5/h6-12,15-18H,1-4H2,5H3. The third-order valence-corrected chi connectivity index (χ3v) is 5.69. The summed E-state index contributed by atoms with van der Waals surface area (Å²) in [5.74, 6) is 0.857. The molecule has 0 N–H and O–H groups in total. The number of carbonyl (C=O) groups is 4. The second kappa shape index (κ2) is 15.6. The van der Waals surface area contributed by atoms with Crippen molar-refractivity contribution >= 4 is 23.9 Å². The minimum atomic E-state index is -5.39. The molecule has 0 radical (unpaired) electrons. The van der Waals surface area contributed by atoms with Gasteiger partial charge in [-0.1, -0.05) is 50.0 Å². The van der Waals surface area contributed by atoms with Crippen molar-refractivity contribution in [2.45, 2.75) is 13.1 Å². The number of ether oxygens (including phenoxy) is 4. The van der Waals surface area contributed by atoms with Crippen molar-refractivity contribution < 1.29 is 55.7 Å². The molecule has 3 rings (SSSR count). The van der Waals surface area contributed by atoms with Crippen molar-refractivity contribution in [1.82, 2.24) is 0 Å². The molecule has 8 nitrogen and oxygen atoms in total. The summed E-state index contributed by atoms with van der Waals surface area (Å²) in [7, 11) is 0. The van der Waals surface area contributed by atoms with Gasteiger partial charge in [0.25, 0.3) is 0 Å². The summed E-state index contributed by atoms with van der Waals surface area (Å²) >= 11 is 0. The van der Waals surface area contributed by atoms with E-state index in [1.807, 2.05) is 0 Å². The summed E-state index contributed by atoms with van der Waals surface area (Å²) in [4.78, 5) is 47.5. The number of rotatable bonds is 8. The molecule has 3 aromatic carbocycles. The Bertz CT molecular complexity index is 1970. The highest BCUT2D eigenvalue weighted by molar-refractivity contribution is 5.89. The van der Waals surface area contributed by atoms with Crippen LogP contribution in [0.15, 0.2) is 98.6 Å². The first-order valence-corrected chi connectivity index (χ1v) is 13.3. The monoisotopic (exact) mass is 658 g/mol. The molecule has 0 saturated heterocycles. The Morgan fingerprint density at radius 1 is 0.646 bits per heavy atom. The molecule has 0 aliphatic heterocycles. The van der Waals surface area contributed by atoms with Gasteiger partial charge < -0.3 is 18.9 Å². The molecule has 3 aromatic rings. The second-order valence-corrected chi connectivity index (χ2v) is 9.19. The predicted octanol–water partition coefficient (Wildman–Crippen LogP) is 6.40. The molecule has 12 heteroatoms. The number of esters is 4. The van der Waals surface area contributed by atoms with E-state index in [-0.39, 0.29) is 28.2 Å². The molecule has 0 saturated carbocycles. The maximum absolute atomic E-state index is 16.1. The van der Waals surface area contributed by atoms with Crippen LogP contribution in [0.3, 0.4) is 0 Å². The highest BCUT2D eigenvalue weighted by Gasteiger charge is 2.43. The molecule has 0 heterocycles. The van der Waals surface area contributed by atoms with E-state index in [1.54, 1.807) is 0 Å². The maximum Gasteiger partial charge on any atom is 0.421 e. The largest absolute Gasteiger partial charge is 0.423 e. The van der Waals surface area contributed by atoms with Crippen molar-refractivity contribution in [3.63, 3.8) is 0 Å². The van der Waals surface area contributed by atoms with Gasteiger partial charge in [-0.3, -0.25) is 0 Å². The molecule has 0 amide bonds. The second-order valence-electron chi connectivity index (χ2n) is 9.19. The van der Waals surface area contributed by atoms with Crippen LogP contribution in [0.25, 0.3) is 0 Å². The fourth-order valence-electron chi connectivity index (χ4n) is 3.49. The van der Waals surface area contributed by atoms with Gasteiger partial charge in [-0.2, -0.15) is 13.2 Å². The van der Waals surface area contributed by atoms with Crippen LogP contribution in [0.5, 0.6) is 23.0 Å². The number of alkyl halides is 3. The van der Waals surface area contributed by atoms with Gasteiger partial charge in [0.2, 0.25) is 0 Å². The molecule has 0 spiro atoms. The lowest BCUT2D eigenvalue weighted by molar-refractivity contribution is -0.142. The topological polar surface area (TPSA) is 105 Å². The smallest absolute Gasteiger partial charge is 0.421 e. The van der Waals surface area contributed by atoms with Crippen LogP contribution in [0.2, 0.25) is 0 Å². The molecule has 48 heavy (non-hydrogen) atoms. The fourth-order valence-corrected chi connectivity index (χ4v) is 3.49. The van der Waals surface area contributed by atoms with Crippen LogP contribution in [0, 0.1) is 29.5 Å². The summed E-state index contributed by atoms with van der Waals surface area (Å²) < 4.78 is 80.2. The SMILES string of the molecule is C=CC(=O)Oc1ccc(C#Cc2c(OC(=O)C=C)c(F)c(C#Cc3ccc(OC(=O)C(=C)C)cc3)c(OC(=O)C=C)c2C(F)(F)F)cc1. The first-order chi connectivity index (χ1) is 22.7. The average molecular weight is 659 g/mol. The Morgan fingerprint density at radius 3 is 1.50 bits per heavy atom. The zero-order chi connectivity index (χ0) is 35.6. The van der Waals surface area contributed by atoms with Crippen molar-refractivity contribution in [2.24, 2.45) is 0 Å². The zero-order valence-electron chi connectivity index (χ0n) is 25.0. The third kappa shape index (κ3) is 9.19. The first kappa shape index (κ1) is 35.8. The minimum Gasteiger partial charge on any atom is -0.423 e. The van der Waals surface area contributed by atoms with E-state index in [2.05, 4.69) is 50.0 Å². The Balaban J connectivity index is 2.30. The van der Waals surface area contributed by atoms with E-state index in [9.17, 15) is 32.3 Å². The minimum absolute atomic E-state index is 0.0637. The average Bonchev–Trinajstić information content (AvgIpc) is 3.05. The molecule has 0 bridgehead atoms. The lowest BCUT2D eigenvalue weighted by atomic mass is 9.98. The Labute approximate surface area is 271 Å².